The van der Waals surface area contributed by atoms with Gasteiger partial charge in [-0.25, -0.2) is 9.59 Å². The van der Waals surface area contributed by atoms with Gasteiger partial charge in [-0.15, -0.1) is 0 Å². The summed E-state index contributed by atoms with van der Waals surface area (Å²) in [5.74, 6) is 0. The maximum atomic E-state index is 10.7. The number of hydrogen-bond acceptors (Lipinski definition) is 4. The van der Waals surface area contributed by atoms with Crippen molar-refractivity contribution in [1.29, 1.82) is 0 Å². The number of urea groups is 2. The van der Waals surface area contributed by atoms with Gasteiger partial charge in [0.2, 0.25) is 0 Å². The summed E-state index contributed by atoms with van der Waals surface area (Å²) in [5.41, 5.74) is 0. The van der Waals surface area contributed by atoms with Gasteiger partial charge in [0.25, 0.3) is 0 Å². The van der Waals surface area contributed by atoms with E-state index in [1.54, 1.807) is 0 Å². The number of aliphatic hydroxyl groups excluding tert-OH is 2. The average Bonchev–Trinajstić information content (AvgIpc) is 2.20. The zero-order chi connectivity index (χ0) is 10.8. The lowest BCUT2D eigenvalue weighted by molar-refractivity contribution is 0.234. The second kappa shape index (κ2) is 8.08. The van der Waals surface area contributed by atoms with Gasteiger partial charge >= 0.3 is 12.1 Å². The summed E-state index contributed by atoms with van der Waals surface area (Å²) in [7, 11) is 0. The Labute approximate surface area is 80.0 Å². The van der Waals surface area contributed by atoms with Crippen molar-refractivity contribution in [3.8, 4) is 0 Å². The molecule has 0 aromatic rings. The number of nitrogens with one attached hydrogen (secondary N) is 2. The van der Waals surface area contributed by atoms with Crippen molar-refractivity contribution in [2.75, 3.05) is 26.3 Å². The highest BCUT2D eigenvalue weighted by atomic mass is 16.3. The molecule has 0 bridgehead atoms. The van der Waals surface area contributed by atoms with Crippen LogP contribution >= 0.6 is 0 Å². The minimum absolute atomic E-state index is 0.0517. The molecule has 14 heavy (non-hydrogen) atoms. The molecule has 4 N–H and O–H groups in total. The van der Waals surface area contributed by atoms with Crippen LogP contribution in [0.4, 0.5) is 9.59 Å². The van der Waals surface area contributed by atoms with Crippen molar-refractivity contribution < 1.29 is 19.8 Å². The predicted octanol–water partition coefficient (Wildman–Crippen LogP) is -1.16. The molecule has 8 nitrogen and oxygen atoms in total. The first-order valence-corrected chi connectivity index (χ1v) is 3.90. The molecule has 0 unspecified atom stereocenters. The lowest BCUT2D eigenvalue weighted by Gasteiger charge is -1.96. The Morgan fingerprint density at radius 2 is 1.29 bits per heavy atom. The van der Waals surface area contributed by atoms with Crippen LogP contribution in [0.15, 0.2) is 10.2 Å². The third-order valence-corrected chi connectivity index (χ3v) is 1.01. The van der Waals surface area contributed by atoms with Gasteiger partial charge < -0.3 is 20.8 Å². The van der Waals surface area contributed by atoms with Crippen molar-refractivity contribution in [2.45, 2.75) is 0 Å². The molecule has 0 spiro atoms. The summed E-state index contributed by atoms with van der Waals surface area (Å²) in [6.45, 7) is -0.317. The lowest BCUT2D eigenvalue weighted by atomic mass is 10.7. The van der Waals surface area contributed by atoms with Gasteiger partial charge in [0.15, 0.2) is 0 Å². The van der Waals surface area contributed by atoms with Crippen molar-refractivity contribution in [3.63, 3.8) is 0 Å². The molecule has 0 rings (SSSR count). The van der Waals surface area contributed by atoms with Crippen LogP contribution in [0.25, 0.3) is 0 Å². The Kier molecular flexibility index (Phi) is 7.19. The highest BCUT2D eigenvalue weighted by Gasteiger charge is 1.99. The Balaban J connectivity index is 3.68. The molecule has 8 heteroatoms. The number of rotatable bonds is 4. The molecule has 0 saturated heterocycles. The topological polar surface area (TPSA) is 123 Å². The minimum Gasteiger partial charge on any atom is -0.395 e. The number of aliphatic hydroxyl groups is 2. The van der Waals surface area contributed by atoms with Gasteiger partial charge in [-0.3, -0.25) is 0 Å². The molecular weight excluding hydrogens is 192 g/mol. The van der Waals surface area contributed by atoms with Crippen LogP contribution in [-0.4, -0.2) is 48.6 Å². The van der Waals surface area contributed by atoms with Gasteiger partial charge in [0.1, 0.15) is 0 Å². The van der Waals surface area contributed by atoms with Crippen LogP contribution < -0.4 is 10.6 Å². The fraction of sp³-hybridized carbons (Fsp3) is 0.667. The van der Waals surface area contributed by atoms with Crippen molar-refractivity contribution in [1.82, 2.24) is 10.6 Å². The minimum atomic E-state index is -0.807. The number of nitrogens with zero attached hydrogens (tertiary/aromatic N) is 2. The van der Waals surface area contributed by atoms with E-state index in [1.807, 2.05) is 0 Å². The van der Waals surface area contributed by atoms with Crippen LogP contribution in [0.1, 0.15) is 0 Å². The quantitative estimate of drug-likeness (QED) is 0.431. The standard InChI is InChI=1S/C6H12N4O4/c11-3-1-7-5(13)9-10-6(14)8-2-4-12/h11-12H,1-4H2,(H,7,13)(H,8,14)/b10-9+. The van der Waals surface area contributed by atoms with E-state index in [1.165, 1.54) is 0 Å². The van der Waals surface area contributed by atoms with Gasteiger partial charge in [0.05, 0.1) is 13.2 Å². The molecule has 0 saturated carbocycles. The summed E-state index contributed by atoms with van der Waals surface area (Å²) < 4.78 is 0. The second-order valence-electron chi connectivity index (χ2n) is 2.11. The van der Waals surface area contributed by atoms with Gasteiger partial charge in [-0.05, 0) is 0 Å². The molecule has 4 amide bonds. The summed E-state index contributed by atoms with van der Waals surface area (Å²) in [4.78, 5) is 21.3. The molecular formula is C6H12N4O4. The summed E-state index contributed by atoms with van der Waals surface area (Å²) in [6, 6.07) is -1.61. The number of azo groups is 1. The van der Waals surface area contributed by atoms with Gasteiger partial charge in [-0.2, -0.15) is 0 Å². The number of carbonyl (C=O) groups is 2. The van der Waals surface area contributed by atoms with Crippen molar-refractivity contribution >= 4 is 12.1 Å². The largest absolute Gasteiger partial charge is 0.395 e. The SMILES string of the molecule is O=C(/N=N/C(=O)NCCO)NCCO. The molecule has 0 heterocycles. The third-order valence-electron chi connectivity index (χ3n) is 1.01. The first-order chi connectivity index (χ1) is 6.70. The van der Waals surface area contributed by atoms with Gasteiger partial charge in [0, 0.05) is 13.1 Å². The monoisotopic (exact) mass is 204 g/mol. The smallest absolute Gasteiger partial charge is 0.359 e. The van der Waals surface area contributed by atoms with E-state index in [-0.39, 0.29) is 26.3 Å². The maximum absolute atomic E-state index is 10.7. The summed E-state index contributed by atoms with van der Waals surface area (Å²) in [6.07, 6.45) is 0. The highest BCUT2D eigenvalue weighted by Crippen LogP contribution is 1.80. The number of amides is 4. The summed E-state index contributed by atoms with van der Waals surface area (Å²) >= 11 is 0. The summed E-state index contributed by atoms with van der Waals surface area (Å²) in [5, 5.41) is 26.9. The van der Waals surface area contributed by atoms with Crippen LogP contribution in [0.5, 0.6) is 0 Å². The first kappa shape index (κ1) is 12.5. The Hall–Kier alpha value is -1.54. The van der Waals surface area contributed by atoms with Crippen LogP contribution in [0.2, 0.25) is 0 Å². The second-order valence-corrected chi connectivity index (χ2v) is 2.11. The molecule has 80 valence electrons. The normalized spacial score (nSPS) is 10.1. The van der Waals surface area contributed by atoms with Crippen LogP contribution in [-0.2, 0) is 0 Å². The lowest BCUT2D eigenvalue weighted by Crippen LogP contribution is -2.25. The third kappa shape index (κ3) is 7.13. The fourth-order valence-electron chi connectivity index (χ4n) is 0.487. The predicted molar refractivity (Wildman–Crippen MR) is 45.8 cm³/mol. The zero-order valence-electron chi connectivity index (χ0n) is 7.43. The number of hydrogen-bond donors (Lipinski definition) is 4. The van der Waals surface area contributed by atoms with Crippen LogP contribution in [0, 0.1) is 0 Å². The number of carbonyl (C=O) groups excluding carboxylic acids is 2. The van der Waals surface area contributed by atoms with E-state index in [0.29, 0.717) is 0 Å². The average molecular weight is 204 g/mol. The molecule has 0 aliphatic rings. The molecule has 0 radical (unpaired) electrons. The zero-order valence-corrected chi connectivity index (χ0v) is 7.43. The first-order valence-electron chi connectivity index (χ1n) is 3.90. The van der Waals surface area contributed by atoms with E-state index in [0.717, 1.165) is 0 Å². The molecule has 0 aliphatic heterocycles. The molecule has 0 atom stereocenters. The maximum Gasteiger partial charge on any atom is 0.359 e. The molecule has 0 aromatic carbocycles. The molecule has 0 fully saturated rings. The van der Waals surface area contributed by atoms with Crippen molar-refractivity contribution in [2.24, 2.45) is 10.2 Å². The van der Waals surface area contributed by atoms with E-state index >= 15 is 0 Å². The van der Waals surface area contributed by atoms with E-state index in [2.05, 4.69) is 20.9 Å². The Morgan fingerprint density at radius 3 is 1.57 bits per heavy atom. The molecule has 0 aliphatic carbocycles. The van der Waals surface area contributed by atoms with Crippen molar-refractivity contribution in [3.05, 3.63) is 0 Å². The van der Waals surface area contributed by atoms with Gasteiger partial charge in [-0.1, -0.05) is 10.2 Å². The van der Waals surface area contributed by atoms with Crippen LogP contribution in [0.3, 0.4) is 0 Å². The molecule has 0 aromatic heterocycles. The Bertz CT molecular complexity index is 196. The Morgan fingerprint density at radius 1 is 0.929 bits per heavy atom. The van der Waals surface area contributed by atoms with E-state index < -0.39 is 12.1 Å². The fourth-order valence-corrected chi connectivity index (χ4v) is 0.487. The van der Waals surface area contributed by atoms with E-state index in [4.69, 9.17) is 10.2 Å². The highest BCUT2D eigenvalue weighted by molar-refractivity contribution is 5.79. The van der Waals surface area contributed by atoms with E-state index in [9.17, 15) is 9.59 Å².